The van der Waals surface area contributed by atoms with Crippen molar-refractivity contribution in [1.82, 2.24) is 0 Å². The lowest BCUT2D eigenvalue weighted by atomic mass is 9.94. The number of hydrogen-bond acceptors (Lipinski definition) is 5. The summed E-state index contributed by atoms with van der Waals surface area (Å²) in [5.74, 6) is -1.56. The van der Waals surface area contributed by atoms with Crippen molar-refractivity contribution in [2.75, 3.05) is 22.9 Å². The van der Waals surface area contributed by atoms with E-state index < -0.39 is 23.5 Å². The number of anilines is 2. The van der Waals surface area contributed by atoms with E-state index in [2.05, 4.69) is 4.90 Å². The number of furan rings is 1. The Kier molecular flexibility index (Phi) is 5.37. The molecule has 1 fully saturated rings. The number of hydrogen-bond donors (Lipinski definition) is 1. The van der Waals surface area contributed by atoms with Crippen molar-refractivity contribution < 1.29 is 19.1 Å². The number of carbonyl (C=O) groups is 2. The summed E-state index contributed by atoms with van der Waals surface area (Å²) in [7, 11) is 0. The molecule has 6 nitrogen and oxygen atoms in total. The van der Waals surface area contributed by atoms with Crippen molar-refractivity contribution in [3.8, 4) is 0 Å². The topological polar surface area (TPSA) is 74.0 Å². The summed E-state index contributed by atoms with van der Waals surface area (Å²) in [5.41, 5.74) is 4.06. The molecule has 0 saturated carbocycles. The van der Waals surface area contributed by atoms with E-state index in [1.54, 1.807) is 12.1 Å². The van der Waals surface area contributed by atoms with E-state index in [4.69, 9.17) is 4.42 Å². The molecule has 6 heteroatoms. The SMILES string of the molecule is Cc1cccc(C2C(C(=O)c3cc4ccccc4o3)=C(O)C(=O)N2c2ccc(N3CCCC3)cc2)c1. The number of ketones is 1. The maximum atomic E-state index is 13.7. The third-order valence-electron chi connectivity index (χ3n) is 7.06. The van der Waals surface area contributed by atoms with Gasteiger partial charge in [-0.2, -0.15) is 0 Å². The minimum absolute atomic E-state index is 0.0216. The number of aliphatic hydroxyl groups excluding tert-OH is 1. The monoisotopic (exact) mass is 478 g/mol. The van der Waals surface area contributed by atoms with Crippen LogP contribution >= 0.6 is 0 Å². The molecule has 180 valence electrons. The molecular weight excluding hydrogens is 452 g/mol. The lowest BCUT2D eigenvalue weighted by molar-refractivity contribution is -0.117. The van der Waals surface area contributed by atoms with Crippen molar-refractivity contribution in [2.45, 2.75) is 25.8 Å². The molecule has 1 amide bonds. The standard InChI is InChI=1S/C30H26N2O4/c1-19-7-6-9-21(17-19)27-26(28(33)25-18-20-8-2-3-10-24(20)36-25)29(34)30(35)32(27)23-13-11-22(12-14-23)31-15-4-5-16-31/h2-3,6-14,17-18,27,34H,4-5,15-16H2,1H3. The van der Waals surface area contributed by atoms with Gasteiger partial charge in [-0.1, -0.05) is 48.0 Å². The van der Waals surface area contributed by atoms with Crippen LogP contribution < -0.4 is 9.80 Å². The second-order valence-electron chi connectivity index (χ2n) is 9.44. The maximum Gasteiger partial charge on any atom is 0.294 e. The van der Waals surface area contributed by atoms with Gasteiger partial charge in [0.1, 0.15) is 5.58 Å². The molecule has 1 aromatic heterocycles. The van der Waals surface area contributed by atoms with Crippen molar-refractivity contribution in [3.63, 3.8) is 0 Å². The number of carbonyl (C=O) groups excluding carboxylic acids is 2. The van der Waals surface area contributed by atoms with E-state index in [0.29, 0.717) is 11.3 Å². The maximum absolute atomic E-state index is 13.7. The normalized spacial score (nSPS) is 18.0. The fraction of sp³-hybridized carbons (Fsp3) is 0.200. The van der Waals surface area contributed by atoms with Crippen LogP contribution in [0.5, 0.6) is 0 Å². The van der Waals surface area contributed by atoms with Crippen LogP contribution in [0.1, 0.15) is 40.6 Å². The number of rotatable bonds is 5. The molecular formula is C30H26N2O4. The van der Waals surface area contributed by atoms with Gasteiger partial charge in [0, 0.05) is 29.9 Å². The molecule has 0 spiro atoms. The zero-order chi connectivity index (χ0) is 24.8. The predicted molar refractivity (Wildman–Crippen MR) is 139 cm³/mol. The van der Waals surface area contributed by atoms with Crippen molar-refractivity contribution in [3.05, 3.63) is 107 Å². The molecule has 3 aromatic carbocycles. The van der Waals surface area contributed by atoms with Gasteiger partial charge in [-0.05, 0) is 61.7 Å². The van der Waals surface area contributed by atoms with E-state index in [1.807, 2.05) is 73.7 Å². The molecule has 2 aliphatic rings. The van der Waals surface area contributed by atoms with Gasteiger partial charge >= 0.3 is 0 Å². The Morgan fingerprint density at radius 1 is 0.917 bits per heavy atom. The summed E-state index contributed by atoms with van der Waals surface area (Å²) in [5, 5.41) is 11.8. The molecule has 4 aromatic rings. The lowest BCUT2D eigenvalue weighted by Crippen LogP contribution is -2.31. The number of fused-ring (bicyclic) bond motifs is 1. The fourth-order valence-corrected chi connectivity index (χ4v) is 5.29. The Morgan fingerprint density at radius 2 is 1.64 bits per heavy atom. The van der Waals surface area contributed by atoms with E-state index in [9.17, 15) is 14.7 Å². The lowest BCUT2D eigenvalue weighted by Gasteiger charge is -2.27. The Labute approximate surface area is 209 Å². The van der Waals surface area contributed by atoms with Crippen LogP contribution in [0, 0.1) is 6.92 Å². The van der Waals surface area contributed by atoms with Crippen LogP contribution in [0.2, 0.25) is 0 Å². The summed E-state index contributed by atoms with van der Waals surface area (Å²) >= 11 is 0. The van der Waals surface area contributed by atoms with Crippen molar-refractivity contribution in [1.29, 1.82) is 0 Å². The average Bonchev–Trinajstić information content (AvgIpc) is 3.63. The molecule has 3 heterocycles. The first-order chi connectivity index (χ1) is 17.5. The summed E-state index contributed by atoms with van der Waals surface area (Å²) in [4.78, 5) is 31.0. The van der Waals surface area contributed by atoms with E-state index in [1.165, 1.54) is 17.7 Å². The van der Waals surface area contributed by atoms with Crippen LogP contribution in [-0.2, 0) is 4.79 Å². The predicted octanol–water partition coefficient (Wildman–Crippen LogP) is 6.12. The zero-order valence-electron chi connectivity index (χ0n) is 20.0. The van der Waals surface area contributed by atoms with E-state index in [0.717, 1.165) is 35.3 Å². The highest BCUT2D eigenvalue weighted by Gasteiger charge is 2.45. The molecule has 36 heavy (non-hydrogen) atoms. The van der Waals surface area contributed by atoms with E-state index in [-0.39, 0.29) is 11.3 Å². The second kappa shape index (κ2) is 8.72. The summed E-state index contributed by atoms with van der Waals surface area (Å²) in [6, 6.07) is 23.6. The first kappa shape index (κ1) is 22.2. The molecule has 0 radical (unpaired) electrons. The van der Waals surface area contributed by atoms with Crippen LogP contribution in [0.3, 0.4) is 0 Å². The third kappa shape index (κ3) is 3.66. The zero-order valence-corrected chi connectivity index (χ0v) is 20.0. The van der Waals surface area contributed by atoms with Gasteiger partial charge in [0.25, 0.3) is 5.91 Å². The minimum Gasteiger partial charge on any atom is -0.503 e. The smallest absolute Gasteiger partial charge is 0.294 e. The number of Topliss-reactive ketones (excluding diaryl/α,β-unsaturated/α-hetero) is 1. The summed E-state index contributed by atoms with van der Waals surface area (Å²) in [6.07, 6.45) is 2.35. The number of amides is 1. The molecule has 1 unspecified atom stereocenters. The fourth-order valence-electron chi connectivity index (χ4n) is 5.29. The van der Waals surface area contributed by atoms with Crippen LogP contribution in [-0.4, -0.2) is 29.9 Å². The number of para-hydroxylation sites is 1. The molecule has 1 saturated heterocycles. The molecule has 0 aliphatic carbocycles. The molecule has 2 aliphatic heterocycles. The largest absolute Gasteiger partial charge is 0.503 e. The van der Waals surface area contributed by atoms with Gasteiger partial charge in [-0.25, -0.2) is 0 Å². The van der Waals surface area contributed by atoms with Crippen molar-refractivity contribution in [2.24, 2.45) is 0 Å². The van der Waals surface area contributed by atoms with Crippen LogP contribution in [0.15, 0.2) is 94.6 Å². The molecule has 1 atom stereocenters. The van der Waals surface area contributed by atoms with Gasteiger partial charge in [0.15, 0.2) is 11.5 Å². The quantitative estimate of drug-likeness (QED) is 0.350. The van der Waals surface area contributed by atoms with Crippen molar-refractivity contribution >= 4 is 34.0 Å². The average molecular weight is 479 g/mol. The Hall–Kier alpha value is -4.32. The number of nitrogens with zero attached hydrogens (tertiary/aromatic N) is 2. The van der Waals surface area contributed by atoms with Crippen LogP contribution in [0.4, 0.5) is 11.4 Å². The summed E-state index contributed by atoms with van der Waals surface area (Å²) < 4.78 is 5.82. The number of aryl methyl sites for hydroxylation is 1. The Bertz CT molecular complexity index is 1480. The second-order valence-corrected chi connectivity index (χ2v) is 9.44. The van der Waals surface area contributed by atoms with Gasteiger partial charge in [-0.15, -0.1) is 0 Å². The highest BCUT2D eigenvalue weighted by atomic mass is 16.3. The van der Waals surface area contributed by atoms with Gasteiger partial charge in [0.05, 0.1) is 11.6 Å². The molecule has 6 rings (SSSR count). The number of benzene rings is 3. The van der Waals surface area contributed by atoms with Crippen LogP contribution in [0.25, 0.3) is 11.0 Å². The minimum atomic E-state index is -0.782. The third-order valence-corrected chi connectivity index (χ3v) is 7.06. The Morgan fingerprint density at radius 3 is 2.36 bits per heavy atom. The highest BCUT2D eigenvalue weighted by Crippen LogP contribution is 2.43. The number of aliphatic hydroxyl groups is 1. The molecule has 1 N–H and O–H groups in total. The van der Waals surface area contributed by atoms with Gasteiger partial charge in [-0.3, -0.25) is 14.5 Å². The van der Waals surface area contributed by atoms with Gasteiger partial charge in [0.2, 0.25) is 5.78 Å². The first-order valence-corrected chi connectivity index (χ1v) is 12.2. The summed E-state index contributed by atoms with van der Waals surface area (Å²) in [6.45, 7) is 4.00. The van der Waals surface area contributed by atoms with Gasteiger partial charge < -0.3 is 14.4 Å². The molecule has 0 bridgehead atoms. The first-order valence-electron chi connectivity index (χ1n) is 12.2. The van der Waals surface area contributed by atoms with E-state index >= 15 is 0 Å². The Balaban J connectivity index is 1.44. The highest BCUT2D eigenvalue weighted by molar-refractivity contribution is 6.20.